The summed E-state index contributed by atoms with van der Waals surface area (Å²) in [6.45, 7) is 1.76. The van der Waals surface area contributed by atoms with Crippen molar-refractivity contribution in [2.24, 2.45) is 0 Å². The van der Waals surface area contributed by atoms with Crippen molar-refractivity contribution >= 4 is 17.1 Å². The molecule has 0 bridgehead atoms. The minimum atomic E-state index is -1.34. The van der Waals surface area contributed by atoms with Crippen molar-refractivity contribution in [2.75, 3.05) is 25.1 Å². The van der Waals surface area contributed by atoms with Gasteiger partial charge in [0.2, 0.25) is 5.95 Å². The van der Waals surface area contributed by atoms with Crippen LogP contribution in [0.2, 0.25) is 0 Å². The monoisotopic (exact) mass is 459 g/mol. The molecule has 11 nitrogen and oxygen atoms in total. The van der Waals surface area contributed by atoms with Crippen molar-refractivity contribution < 1.29 is 29.9 Å². The quantitative estimate of drug-likeness (QED) is 0.285. The number of hydrogen-bond donors (Lipinski definition) is 5. The fourth-order valence-electron chi connectivity index (χ4n) is 3.82. The number of rotatable bonds is 10. The van der Waals surface area contributed by atoms with Crippen LogP contribution in [0, 0.1) is 0 Å². The number of imidazole rings is 1. The largest absolute Gasteiger partial charge is 0.463 e. The number of fused-ring (bicyclic) bond motifs is 1. The number of aromatic nitrogens is 4. The Balaban J connectivity index is 1.72. The molecule has 0 unspecified atom stereocenters. The molecule has 4 rings (SSSR count). The van der Waals surface area contributed by atoms with Gasteiger partial charge in [0, 0.05) is 0 Å². The van der Waals surface area contributed by atoms with Crippen molar-refractivity contribution in [3.05, 3.63) is 42.1 Å². The fourth-order valence-corrected chi connectivity index (χ4v) is 3.82. The summed E-state index contributed by atoms with van der Waals surface area (Å²) in [5.41, 5.74) is 1.76. The summed E-state index contributed by atoms with van der Waals surface area (Å²) in [4.78, 5) is 13.2. The van der Waals surface area contributed by atoms with E-state index < -0.39 is 37.2 Å². The van der Waals surface area contributed by atoms with E-state index in [-0.39, 0.29) is 18.6 Å². The molecule has 5 atom stereocenters. The molecule has 33 heavy (non-hydrogen) atoms. The van der Waals surface area contributed by atoms with E-state index >= 15 is 0 Å². The lowest BCUT2D eigenvalue weighted by Crippen LogP contribution is -2.34. The number of nitrogens with one attached hydrogen (secondary N) is 1. The number of anilines is 1. The van der Waals surface area contributed by atoms with Crippen LogP contribution in [-0.2, 0) is 11.2 Å². The van der Waals surface area contributed by atoms with E-state index in [9.17, 15) is 20.4 Å². The number of ether oxygens (including phenoxy) is 2. The third-order valence-corrected chi connectivity index (χ3v) is 5.50. The van der Waals surface area contributed by atoms with Gasteiger partial charge >= 0.3 is 6.01 Å². The van der Waals surface area contributed by atoms with Crippen molar-refractivity contribution in [3.63, 3.8) is 0 Å². The minimum absolute atomic E-state index is 0.145. The highest BCUT2D eigenvalue weighted by Gasteiger charge is 2.45. The van der Waals surface area contributed by atoms with Crippen LogP contribution in [0.25, 0.3) is 11.2 Å². The molecular weight excluding hydrogens is 430 g/mol. The number of aliphatic hydroxyl groups excluding tert-OH is 4. The second-order valence-corrected chi connectivity index (χ2v) is 7.96. The minimum Gasteiger partial charge on any atom is -0.463 e. The van der Waals surface area contributed by atoms with Crippen LogP contribution >= 0.6 is 0 Å². The van der Waals surface area contributed by atoms with Gasteiger partial charge in [-0.3, -0.25) is 4.57 Å². The maximum absolute atomic E-state index is 10.7. The summed E-state index contributed by atoms with van der Waals surface area (Å²) in [6, 6.07) is 9.43. The zero-order valence-electron chi connectivity index (χ0n) is 18.3. The lowest BCUT2D eigenvalue weighted by molar-refractivity contribution is -0.0502. The lowest BCUT2D eigenvalue weighted by atomic mass is 10.1. The summed E-state index contributed by atoms with van der Waals surface area (Å²) in [5, 5.41) is 43.7. The smallest absolute Gasteiger partial charge is 0.318 e. The maximum Gasteiger partial charge on any atom is 0.318 e. The molecule has 1 aliphatic rings. The van der Waals surface area contributed by atoms with Crippen LogP contribution in [0.4, 0.5) is 5.95 Å². The van der Waals surface area contributed by atoms with Gasteiger partial charge in [0.15, 0.2) is 11.9 Å². The predicted octanol–water partition coefficient (Wildman–Crippen LogP) is 0.242. The van der Waals surface area contributed by atoms with E-state index in [1.807, 2.05) is 37.3 Å². The molecular formula is C22H29N5O6. The second-order valence-electron chi connectivity index (χ2n) is 7.96. The Morgan fingerprint density at radius 3 is 2.61 bits per heavy atom. The van der Waals surface area contributed by atoms with Crippen LogP contribution in [0.15, 0.2) is 36.5 Å². The Labute approximate surface area is 190 Å². The van der Waals surface area contributed by atoms with E-state index in [1.54, 1.807) is 0 Å². The highest BCUT2D eigenvalue weighted by Crippen LogP contribution is 2.35. The highest BCUT2D eigenvalue weighted by atomic mass is 16.6. The van der Waals surface area contributed by atoms with Gasteiger partial charge in [-0.2, -0.15) is 4.98 Å². The third kappa shape index (κ3) is 4.92. The van der Waals surface area contributed by atoms with Gasteiger partial charge in [-0.25, -0.2) is 9.97 Å². The van der Waals surface area contributed by atoms with Crippen molar-refractivity contribution in [2.45, 2.75) is 50.3 Å². The molecule has 2 aromatic heterocycles. The molecule has 3 aromatic rings. The number of aliphatic hydroxyl groups is 4. The number of nitrogens with zero attached hydrogens (tertiary/aromatic N) is 4. The van der Waals surface area contributed by atoms with Crippen LogP contribution in [0.3, 0.4) is 0 Å². The van der Waals surface area contributed by atoms with Crippen LogP contribution in [-0.4, -0.2) is 84.1 Å². The normalized spacial score (nSPS) is 23.7. The zero-order chi connectivity index (χ0) is 23.4. The molecule has 0 amide bonds. The van der Waals surface area contributed by atoms with E-state index in [1.165, 1.54) is 10.8 Å². The first kappa shape index (κ1) is 23.3. The van der Waals surface area contributed by atoms with E-state index in [4.69, 9.17) is 9.47 Å². The topological polar surface area (TPSA) is 155 Å². The second kappa shape index (κ2) is 10.4. The fraction of sp³-hybridized carbons (Fsp3) is 0.500. The molecule has 178 valence electrons. The van der Waals surface area contributed by atoms with E-state index in [0.29, 0.717) is 24.2 Å². The molecule has 0 aliphatic carbocycles. The first-order chi connectivity index (χ1) is 16.0. The van der Waals surface area contributed by atoms with Gasteiger partial charge in [-0.15, -0.1) is 0 Å². The van der Waals surface area contributed by atoms with Gasteiger partial charge in [-0.05, 0) is 18.4 Å². The Morgan fingerprint density at radius 2 is 1.94 bits per heavy atom. The molecule has 1 aromatic carbocycles. The van der Waals surface area contributed by atoms with Gasteiger partial charge < -0.3 is 35.2 Å². The van der Waals surface area contributed by atoms with E-state index in [0.717, 1.165) is 12.0 Å². The van der Waals surface area contributed by atoms with Crippen LogP contribution in [0.5, 0.6) is 6.01 Å². The molecule has 0 saturated carbocycles. The molecule has 1 fully saturated rings. The average Bonchev–Trinajstić information content (AvgIpc) is 3.33. The molecule has 1 saturated heterocycles. The van der Waals surface area contributed by atoms with Crippen LogP contribution < -0.4 is 10.1 Å². The summed E-state index contributed by atoms with van der Waals surface area (Å²) in [6.07, 6.45) is -1.87. The first-order valence-electron chi connectivity index (χ1n) is 11.0. The van der Waals surface area contributed by atoms with Gasteiger partial charge in [0.05, 0.1) is 32.1 Å². The first-order valence-corrected chi connectivity index (χ1v) is 11.0. The van der Waals surface area contributed by atoms with Crippen molar-refractivity contribution in [3.8, 4) is 6.01 Å². The van der Waals surface area contributed by atoms with E-state index in [2.05, 4.69) is 20.3 Å². The van der Waals surface area contributed by atoms with Crippen molar-refractivity contribution in [1.29, 1.82) is 0 Å². The summed E-state index contributed by atoms with van der Waals surface area (Å²) in [7, 11) is 0. The molecule has 3 heterocycles. The summed E-state index contributed by atoms with van der Waals surface area (Å²) in [5.74, 6) is 0.275. The Bertz CT molecular complexity index is 1050. The Kier molecular flexibility index (Phi) is 7.36. The SMILES string of the molecule is CCCOc1ncc2nc(N[C@@H](CO)Cc3ccccc3)n([C@@H]3O[C@H](CO)[C@@H](O)[C@H]3O)c2n1. The zero-order valence-corrected chi connectivity index (χ0v) is 18.3. The molecule has 5 N–H and O–H groups in total. The molecule has 0 radical (unpaired) electrons. The molecule has 1 aliphatic heterocycles. The van der Waals surface area contributed by atoms with Gasteiger partial charge in [0.1, 0.15) is 23.8 Å². The molecule has 0 spiro atoms. The van der Waals surface area contributed by atoms with Crippen molar-refractivity contribution in [1.82, 2.24) is 19.5 Å². The summed E-state index contributed by atoms with van der Waals surface area (Å²) < 4.78 is 12.8. The number of benzene rings is 1. The predicted molar refractivity (Wildman–Crippen MR) is 119 cm³/mol. The lowest BCUT2D eigenvalue weighted by Gasteiger charge is -2.22. The summed E-state index contributed by atoms with van der Waals surface area (Å²) >= 11 is 0. The number of hydrogen-bond acceptors (Lipinski definition) is 10. The maximum atomic E-state index is 10.7. The van der Waals surface area contributed by atoms with Gasteiger partial charge in [0.25, 0.3) is 0 Å². The Hall–Kier alpha value is -2.83. The average molecular weight is 460 g/mol. The van der Waals surface area contributed by atoms with Gasteiger partial charge in [-0.1, -0.05) is 37.3 Å². The molecule has 11 heteroatoms. The third-order valence-electron chi connectivity index (χ3n) is 5.50. The Morgan fingerprint density at radius 1 is 1.15 bits per heavy atom. The highest BCUT2D eigenvalue weighted by molar-refractivity contribution is 5.74. The standard InChI is InChI=1S/C22H29N5O6/c1-2-8-32-22-23-10-15-19(26-22)27(20-18(31)17(30)16(12-29)33-20)21(25-15)24-14(11-28)9-13-6-4-3-5-7-13/h3-7,10,14,16-18,20,28-31H,2,8-9,11-12H2,1H3,(H,24,25)/t14-,16-,17-,18-,20-/m1/s1. The van der Waals surface area contributed by atoms with Crippen LogP contribution in [0.1, 0.15) is 25.1 Å².